The van der Waals surface area contributed by atoms with Crippen molar-refractivity contribution in [1.82, 2.24) is 9.55 Å². The highest BCUT2D eigenvalue weighted by Gasteiger charge is 2.23. The van der Waals surface area contributed by atoms with Gasteiger partial charge in [0.1, 0.15) is 0 Å². The molecule has 0 radical (unpaired) electrons. The Balaban J connectivity index is 2.15. The van der Waals surface area contributed by atoms with Gasteiger partial charge < -0.3 is 9.67 Å². The molecule has 0 atom stereocenters. The number of aromatic nitrogens is 2. The van der Waals surface area contributed by atoms with Crippen molar-refractivity contribution in [3.05, 3.63) is 18.2 Å². The molecule has 15 heavy (non-hydrogen) atoms. The number of rotatable bonds is 2. The normalized spacial score (nSPS) is 26.5. The fraction of sp³-hybridized carbons (Fsp3) is 0.636. The molecular weight excluding hydrogens is 192 g/mol. The minimum Gasteiger partial charge on any atom is -0.475 e. The van der Waals surface area contributed by atoms with Gasteiger partial charge in [0.2, 0.25) is 5.82 Å². The van der Waals surface area contributed by atoms with E-state index < -0.39 is 5.97 Å². The van der Waals surface area contributed by atoms with Crippen LogP contribution in [0, 0.1) is 5.92 Å². The van der Waals surface area contributed by atoms with E-state index in [1.807, 2.05) is 4.57 Å². The van der Waals surface area contributed by atoms with Crippen molar-refractivity contribution >= 4 is 5.97 Å². The van der Waals surface area contributed by atoms with Crippen molar-refractivity contribution in [3.8, 4) is 0 Å². The predicted octanol–water partition coefficient (Wildman–Crippen LogP) is 2.33. The number of hydrogen-bond donors (Lipinski definition) is 1. The van der Waals surface area contributed by atoms with Crippen molar-refractivity contribution in [3.63, 3.8) is 0 Å². The predicted molar refractivity (Wildman–Crippen MR) is 55.9 cm³/mol. The van der Waals surface area contributed by atoms with Gasteiger partial charge in [0.05, 0.1) is 0 Å². The molecule has 0 unspecified atom stereocenters. The van der Waals surface area contributed by atoms with E-state index in [-0.39, 0.29) is 5.82 Å². The number of carbonyl (C=O) groups is 1. The highest BCUT2D eigenvalue weighted by Crippen LogP contribution is 2.32. The van der Waals surface area contributed by atoms with E-state index >= 15 is 0 Å². The van der Waals surface area contributed by atoms with Gasteiger partial charge in [-0.25, -0.2) is 9.78 Å². The summed E-state index contributed by atoms with van der Waals surface area (Å²) < 4.78 is 1.81. The minimum atomic E-state index is -0.932. The number of hydrogen-bond acceptors (Lipinski definition) is 2. The van der Waals surface area contributed by atoms with E-state index in [1.54, 1.807) is 12.4 Å². The van der Waals surface area contributed by atoms with Gasteiger partial charge >= 0.3 is 5.97 Å². The van der Waals surface area contributed by atoms with Gasteiger partial charge in [-0.2, -0.15) is 0 Å². The molecule has 0 aromatic carbocycles. The van der Waals surface area contributed by atoms with E-state index in [9.17, 15) is 4.79 Å². The zero-order valence-corrected chi connectivity index (χ0v) is 8.89. The fourth-order valence-corrected chi connectivity index (χ4v) is 2.29. The molecule has 1 fully saturated rings. The maximum Gasteiger partial charge on any atom is 0.372 e. The van der Waals surface area contributed by atoms with Crippen molar-refractivity contribution in [2.45, 2.75) is 38.6 Å². The largest absolute Gasteiger partial charge is 0.475 e. The van der Waals surface area contributed by atoms with E-state index in [2.05, 4.69) is 11.9 Å². The smallest absolute Gasteiger partial charge is 0.372 e. The maximum atomic E-state index is 10.9. The van der Waals surface area contributed by atoms with Crippen molar-refractivity contribution in [1.29, 1.82) is 0 Å². The lowest BCUT2D eigenvalue weighted by atomic mass is 9.87. The molecule has 1 N–H and O–H groups in total. The molecule has 1 aromatic rings. The van der Waals surface area contributed by atoms with Crippen LogP contribution in [0.1, 0.15) is 49.3 Å². The van der Waals surface area contributed by atoms with Gasteiger partial charge in [0.15, 0.2) is 0 Å². The third-order valence-corrected chi connectivity index (χ3v) is 3.24. The van der Waals surface area contributed by atoms with Crippen LogP contribution in [0.15, 0.2) is 12.4 Å². The topological polar surface area (TPSA) is 55.1 Å². The zero-order valence-electron chi connectivity index (χ0n) is 8.89. The summed E-state index contributed by atoms with van der Waals surface area (Å²) in [4.78, 5) is 14.8. The van der Waals surface area contributed by atoms with Crippen LogP contribution in [0.5, 0.6) is 0 Å². The first-order valence-electron chi connectivity index (χ1n) is 5.44. The van der Waals surface area contributed by atoms with Gasteiger partial charge in [0.25, 0.3) is 0 Å². The monoisotopic (exact) mass is 208 g/mol. The van der Waals surface area contributed by atoms with Crippen LogP contribution in [-0.4, -0.2) is 20.6 Å². The number of aromatic carboxylic acids is 1. The Morgan fingerprint density at radius 2 is 2.13 bits per heavy atom. The summed E-state index contributed by atoms with van der Waals surface area (Å²) in [7, 11) is 0. The summed E-state index contributed by atoms with van der Waals surface area (Å²) in [5, 5.41) is 8.95. The van der Waals surface area contributed by atoms with E-state index in [0.29, 0.717) is 6.04 Å². The third kappa shape index (κ3) is 2.03. The SMILES string of the molecule is CC1CCC(n2ccnc2C(=O)O)CC1. The minimum absolute atomic E-state index is 0.176. The highest BCUT2D eigenvalue weighted by atomic mass is 16.4. The highest BCUT2D eigenvalue weighted by molar-refractivity contribution is 5.83. The average Bonchev–Trinajstić information content (AvgIpc) is 2.67. The number of imidazole rings is 1. The van der Waals surface area contributed by atoms with Crippen LogP contribution in [0.3, 0.4) is 0 Å². The van der Waals surface area contributed by atoms with Gasteiger partial charge in [-0.3, -0.25) is 0 Å². The fourth-order valence-electron chi connectivity index (χ4n) is 2.29. The standard InChI is InChI=1S/C11H16N2O2/c1-8-2-4-9(5-3-8)13-7-6-12-10(13)11(14)15/h6-9H,2-5H2,1H3,(H,14,15). The molecule has 0 spiro atoms. The number of carboxylic acids is 1. The molecule has 2 rings (SSSR count). The molecule has 1 heterocycles. The van der Waals surface area contributed by atoms with Crippen LogP contribution in [0.25, 0.3) is 0 Å². The van der Waals surface area contributed by atoms with Crippen LogP contribution < -0.4 is 0 Å². The summed E-state index contributed by atoms with van der Waals surface area (Å²) in [6, 6.07) is 0.329. The maximum absolute atomic E-state index is 10.9. The Morgan fingerprint density at radius 1 is 1.47 bits per heavy atom. The molecule has 4 heteroatoms. The first kappa shape index (κ1) is 10.2. The molecule has 0 amide bonds. The second-order valence-corrected chi connectivity index (χ2v) is 4.38. The molecule has 1 aliphatic rings. The van der Waals surface area contributed by atoms with E-state index in [1.165, 1.54) is 12.8 Å². The molecule has 1 aromatic heterocycles. The Labute approximate surface area is 88.9 Å². The van der Waals surface area contributed by atoms with E-state index in [0.717, 1.165) is 18.8 Å². The average molecular weight is 208 g/mol. The molecule has 4 nitrogen and oxygen atoms in total. The summed E-state index contributed by atoms with van der Waals surface area (Å²) >= 11 is 0. The van der Waals surface area contributed by atoms with Gasteiger partial charge in [-0.15, -0.1) is 0 Å². The summed E-state index contributed by atoms with van der Waals surface area (Å²) in [5.41, 5.74) is 0. The summed E-state index contributed by atoms with van der Waals surface area (Å²) in [5.74, 6) is 0.0197. The molecule has 1 saturated carbocycles. The van der Waals surface area contributed by atoms with Crippen LogP contribution in [0.2, 0.25) is 0 Å². The number of carboxylic acid groups (broad SMARTS) is 1. The summed E-state index contributed by atoms with van der Waals surface area (Å²) in [6.45, 7) is 2.25. The lowest BCUT2D eigenvalue weighted by Gasteiger charge is -2.27. The number of nitrogens with zero attached hydrogens (tertiary/aromatic N) is 2. The Bertz CT molecular complexity index is 351. The molecule has 0 saturated heterocycles. The van der Waals surface area contributed by atoms with Gasteiger partial charge in [-0.1, -0.05) is 6.92 Å². The van der Waals surface area contributed by atoms with Crippen LogP contribution in [0.4, 0.5) is 0 Å². The molecule has 82 valence electrons. The molecule has 0 aliphatic heterocycles. The van der Waals surface area contributed by atoms with Crippen molar-refractivity contribution in [2.75, 3.05) is 0 Å². The van der Waals surface area contributed by atoms with Gasteiger partial charge in [0, 0.05) is 18.4 Å². The quantitative estimate of drug-likeness (QED) is 0.811. The van der Waals surface area contributed by atoms with E-state index in [4.69, 9.17) is 5.11 Å². The zero-order chi connectivity index (χ0) is 10.8. The van der Waals surface area contributed by atoms with Crippen molar-refractivity contribution in [2.24, 2.45) is 5.92 Å². The Kier molecular flexibility index (Phi) is 2.75. The first-order valence-corrected chi connectivity index (χ1v) is 5.44. The second-order valence-electron chi connectivity index (χ2n) is 4.38. The van der Waals surface area contributed by atoms with Gasteiger partial charge in [-0.05, 0) is 31.6 Å². The first-order chi connectivity index (χ1) is 7.18. The Hall–Kier alpha value is -1.32. The molecule has 0 bridgehead atoms. The lowest BCUT2D eigenvalue weighted by molar-refractivity contribution is 0.0673. The van der Waals surface area contributed by atoms with Crippen LogP contribution >= 0.6 is 0 Å². The third-order valence-electron chi connectivity index (χ3n) is 3.24. The molecular formula is C11H16N2O2. The van der Waals surface area contributed by atoms with Crippen molar-refractivity contribution < 1.29 is 9.90 Å². The molecule has 1 aliphatic carbocycles. The van der Waals surface area contributed by atoms with Crippen LogP contribution in [-0.2, 0) is 0 Å². The summed E-state index contributed by atoms with van der Waals surface area (Å²) in [6.07, 6.45) is 7.85. The second kappa shape index (κ2) is 4.04. The lowest BCUT2D eigenvalue weighted by Crippen LogP contribution is -2.20. The Morgan fingerprint density at radius 3 is 2.73 bits per heavy atom.